The molecule has 0 aliphatic heterocycles. The van der Waals surface area contributed by atoms with Crippen molar-refractivity contribution in [3.05, 3.63) is 22.4 Å². The second kappa shape index (κ2) is 5.62. The Morgan fingerprint density at radius 1 is 1.53 bits per heavy atom. The highest BCUT2D eigenvalue weighted by Crippen LogP contribution is 2.32. The lowest BCUT2D eigenvalue weighted by Crippen LogP contribution is -2.01. The molecule has 2 nitrogen and oxygen atoms in total. The maximum absolute atomic E-state index is 12.9. The van der Waals surface area contributed by atoms with E-state index in [2.05, 4.69) is 21.9 Å². The zero-order valence-electron chi connectivity index (χ0n) is 8.09. The van der Waals surface area contributed by atoms with E-state index < -0.39 is 5.82 Å². The first-order chi connectivity index (χ1) is 7.15. The van der Waals surface area contributed by atoms with Crippen LogP contribution in [0.5, 0.6) is 5.75 Å². The largest absolute Gasteiger partial charge is 0.490 e. The molecule has 0 atom stereocenters. The SMILES string of the molecule is C#CCCCOc1c(N)cc(F)cc1Br. The summed E-state index contributed by atoms with van der Waals surface area (Å²) < 4.78 is 18.8. The molecule has 0 spiro atoms. The maximum atomic E-state index is 12.9. The summed E-state index contributed by atoms with van der Waals surface area (Å²) in [6, 6.07) is 2.54. The Balaban J connectivity index is 2.65. The first kappa shape index (κ1) is 11.9. The smallest absolute Gasteiger partial charge is 0.156 e. The third-order valence-corrected chi connectivity index (χ3v) is 2.34. The van der Waals surface area contributed by atoms with Gasteiger partial charge in [-0.05, 0) is 28.4 Å². The van der Waals surface area contributed by atoms with Gasteiger partial charge in [0.25, 0.3) is 0 Å². The van der Waals surface area contributed by atoms with E-state index in [0.29, 0.717) is 23.2 Å². The average molecular weight is 272 g/mol. The molecule has 0 saturated carbocycles. The molecule has 0 bridgehead atoms. The van der Waals surface area contributed by atoms with Gasteiger partial charge in [0.1, 0.15) is 5.82 Å². The van der Waals surface area contributed by atoms with Crippen molar-refractivity contribution >= 4 is 21.6 Å². The molecule has 1 aromatic carbocycles. The van der Waals surface area contributed by atoms with Gasteiger partial charge in [-0.15, -0.1) is 12.3 Å². The fraction of sp³-hybridized carbons (Fsp3) is 0.273. The van der Waals surface area contributed by atoms with Crippen molar-refractivity contribution < 1.29 is 9.13 Å². The number of hydrogen-bond acceptors (Lipinski definition) is 2. The molecule has 0 unspecified atom stereocenters. The van der Waals surface area contributed by atoms with E-state index in [0.717, 1.165) is 6.42 Å². The summed E-state index contributed by atoms with van der Waals surface area (Å²) in [5, 5.41) is 0. The Bertz CT molecular complexity index is 364. The molecular formula is C11H11BrFNO. The normalized spacial score (nSPS) is 9.67. The number of anilines is 1. The fourth-order valence-corrected chi connectivity index (χ4v) is 1.64. The Morgan fingerprint density at radius 3 is 2.87 bits per heavy atom. The molecule has 0 aliphatic carbocycles. The number of nitrogens with two attached hydrogens (primary N) is 1. The molecule has 0 saturated heterocycles. The van der Waals surface area contributed by atoms with Crippen LogP contribution in [0, 0.1) is 18.2 Å². The maximum Gasteiger partial charge on any atom is 0.156 e. The van der Waals surface area contributed by atoms with Gasteiger partial charge in [-0.1, -0.05) is 0 Å². The van der Waals surface area contributed by atoms with Crippen LogP contribution in [0.3, 0.4) is 0 Å². The van der Waals surface area contributed by atoms with Crippen LogP contribution in [0.15, 0.2) is 16.6 Å². The quantitative estimate of drug-likeness (QED) is 0.519. The lowest BCUT2D eigenvalue weighted by atomic mass is 10.3. The number of unbranched alkanes of at least 4 members (excludes halogenated alkanes) is 1. The number of benzene rings is 1. The molecule has 2 N–H and O–H groups in total. The summed E-state index contributed by atoms with van der Waals surface area (Å²) in [5.41, 5.74) is 5.88. The van der Waals surface area contributed by atoms with Gasteiger partial charge in [0.15, 0.2) is 5.75 Å². The van der Waals surface area contributed by atoms with E-state index in [1.54, 1.807) is 0 Å². The van der Waals surface area contributed by atoms with Gasteiger partial charge in [0.05, 0.1) is 16.8 Å². The van der Waals surface area contributed by atoms with Gasteiger partial charge in [-0.3, -0.25) is 0 Å². The first-order valence-corrected chi connectivity index (χ1v) is 5.25. The van der Waals surface area contributed by atoms with Crippen LogP contribution in [-0.2, 0) is 0 Å². The molecule has 1 aromatic rings. The van der Waals surface area contributed by atoms with Gasteiger partial charge in [0.2, 0.25) is 0 Å². The van der Waals surface area contributed by atoms with E-state index in [1.807, 2.05) is 0 Å². The number of rotatable bonds is 4. The van der Waals surface area contributed by atoms with Gasteiger partial charge in [-0.25, -0.2) is 4.39 Å². The zero-order chi connectivity index (χ0) is 11.3. The topological polar surface area (TPSA) is 35.2 Å². The second-order valence-corrected chi connectivity index (χ2v) is 3.82. The Labute approximate surface area is 96.7 Å². The standard InChI is InChI=1S/C11H11BrFNO/c1-2-3-4-5-15-11-9(12)6-8(13)7-10(11)14/h1,6-7H,3-5,14H2. The summed E-state index contributed by atoms with van der Waals surface area (Å²) in [6.45, 7) is 0.471. The van der Waals surface area contributed by atoms with Gasteiger partial charge in [0, 0.05) is 12.5 Å². The summed E-state index contributed by atoms with van der Waals surface area (Å²) >= 11 is 3.18. The minimum atomic E-state index is -0.393. The first-order valence-electron chi connectivity index (χ1n) is 4.46. The van der Waals surface area contributed by atoms with E-state index in [9.17, 15) is 4.39 Å². The van der Waals surface area contributed by atoms with Crippen molar-refractivity contribution in [3.63, 3.8) is 0 Å². The highest BCUT2D eigenvalue weighted by Gasteiger charge is 2.07. The van der Waals surface area contributed by atoms with Crippen molar-refractivity contribution in [2.24, 2.45) is 0 Å². The van der Waals surface area contributed by atoms with Crippen LogP contribution in [0.1, 0.15) is 12.8 Å². The third kappa shape index (κ3) is 3.45. The fourth-order valence-electron chi connectivity index (χ4n) is 1.08. The number of halogens is 2. The van der Waals surface area contributed by atoms with Crippen molar-refractivity contribution in [2.75, 3.05) is 12.3 Å². The Hall–Kier alpha value is -1.21. The van der Waals surface area contributed by atoms with Crippen LogP contribution in [0.25, 0.3) is 0 Å². The van der Waals surface area contributed by atoms with Gasteiger partial charge < -0.3 is 10.5 Å². The van der Waals surface area contributed by atoms with Crippen molar-refractivity contribution in [1.29, 1.82) is 0 Å². The lowest BCUT2D eigenvalue weighted by molar-refractivity contribution is 0.312. The minimum Gasteiger partial charge on any atom is -0.490 e. The number of terminal acetylenes is 1. The molecule has 0 aromatic heterocycles. The highest BCUT2D eigenvalue weighted by molar-refractivity contribution is 9.10. The molecule has 0 heterocycles. The lowest BCUT2D eigenvalue weighted by Gasteiger charge is -2.10. The van der Waals surface area contributed by atoms with Crippen LogP contribution in [0.2, 0.25) is 0 Å². The molecule has 0 radical (unpaired) electrons. The third-order valence-electron chi connectivity index (χ3n) is 1.75. The number of hydrogen-bond donors (Lipinski definition) is 1. The monoisotopic (exact) mass is 271 g/mol. The van der Waals surface area contributed by atoms with E-state index in [-0.39, 0.29) is 5.69 Å². The van der Waals surface area contributed by atoms with Crippen LogP contribution in [0.4, 0.5) is 10.1 Å². The molecule has 15 heavy (non-hydrogen) atoms. The van der Waals surface area contributed by atoms with E-state index in [1.165, 1.54) is 12.1 Å². The van der Waals surface area contributed by atoms with Crippen LogP contribution in [-0.4, -0.2) is 6.61 Å². The molecule has 0 amide bonds. The van der Waals surface area contributed by atoms with Gasteiger partial charge >= 0.3 is 0 Å². The van der Waals surface area contributed by atoms with Crippen molar-refractivity contribution in [3.8, 4) is 18.1 Å². The number of ether oxygens (including phenoxy) is 1. The van der Waals surface area contributed by atoms with Crippen molar-refractivity contribution in [2.45, 2.75) is 12.8 Å². The summed E-state index contributed by atoms with van der Waals surface area (Å²) in [7, 11) is 0. The van der Waals surface area contributed by atoms with E-state index >= 15 is 0 Å². The van der Waals surface area contributed by atoms with Gasteiger partial charge in [-0.2, -0.15) is 0 Å². The average Bonchev–Trinajstić information content (AvgIpc) is 2.15. The molecule has 1 rings (SSSR count). The predicted octanol–water partition coefficient (Wildman–Crippen LogP) is 2.96. The number of nitrogen functional groups attached to an aromatic ring is 1. The molecular weight excluding hydrogens is 261 g/mol. The summed E-state index contributed by atoms with van der Waals surface area (Å²) in [6.07, 6.45) is 6.50. The Morgan fingerprint density at radius 2 is 2.27 bits per heavy atom. The van der Waals surface area contributed by atoms with Crippen molar-refractivity contribution in [1.82, 2.24) is 0 Å². The van der Waals surface area contributed by atoms with Crippen LogP contribution >= 0.6 is 15.9 Å². The minimum absolute atomic E-state index is 0.280. The molecule has 0 aliphatic rings. The Kier molecular flexibility index (Phi) is 4.44. The molecule has 4 heteroatoms. The summed E-state index contributed by atoms with van der Waals surface area (Å²) in [5.74, 6) is 2.58. The highest BCUT2D eigenvalue weighted by atomic mass is 79.9. The van der Waals surface area contributed by atoms with E-state index in [4.69, 9.17) is 16.9 Å². The second-order valence-electron chi connectivity index (χ2n) is 2.96. The molecule has 0 fully saturated rings. The summed E-state index contributed by atoms with van der Waals surface area (Å²) in [4.78, 5) is 0. The molecule has 80 valence electrons. The predicted molar refractivity (Wildman–Crippen MR) is 62.1 cm³/mol. The zero-order valence-corrected chi connectivity index (χ0v) is 9.68. The van der Waals surface area contributed by atoms with Crippen LogP contribution < -0.4 is 10.5 Å².